The third kappa shape index (κ3) is 2.36. The van der Waals surface area contributed by atoms with Crippen LogP contribution < -0.4 is 0 Å². The first-order valence-corrected chi connectivity index (χ1v) is 4.67. The molecular weight excluding hydrogens is 148 g/mol. The Hall–Kier alpha value is -0.790. The largest absolute Gasteiger partial charge is 0.359 e. The molecule has 0 aromatic carbocycles. The highest BCUT2D eigenvalue weighted by Crippen LogP contribution is 2.12. The van der Waals surface area contributed by atoms with Gasteiger partial charge in [-0.05, 0) is 25.3 Å². The van der Waals surface area contributed by atoms with Gasteiger partial charge in [0.05, 0.1) is 0 Å². The predicted molar refractivity (Wildman–Crippen MR) is 53.3 cm³/mol. The fourth-order valence-corrected chi connectivity index (χ4v) is 1.29. The molecule has 1 rings (SSSR count). The third-order valence-electron chi connectivity index (χ3n) is 2.28. The van der Waals surface area contributed by atoms with Crippen molar-refractivity contribution in [3.8, 4) is 0 Å². The van der Waals surface area contributed by atoms with Crippen molar-refractivity contribution in [1.82, 2.24) is 4.90 Å². The van der Waals surface area contributed by atoms with E-state index in [1.807, 2.05) is 13.1 Å². The van der Waals surface area contributed by atoms with Crippen molar-refractivity contribution in [2.24, 2.45) is 4.99 Å². The van der Waals surface area contributed by atoms with E-state index in [-0.39, 0.29) is 0 Å². The molecule has 2 nitrogen and oxygen atoms in total. The Morgan fingerprint density at radius 1 is 1.58 bits per heavy atom. The van der Waals surface area contributed by atoms with Crippen molar-refractivity contribution >= 4 is 5.84 Å². The van der Waals surface area contributed by atoms with Gasteiger partial charge in [-0.3, -0.25) is 0 Å². The molecule has 1 aliphatic heterocycles. The van der Waals surface area contributed by atoms with Gasteiger partial charge in [-0.1, -0.05) is 13.3 Å². The first-order valence-electron chi connectivity index (χ1n) is 4.67. The number of likely N-dealkylation sites (N-methyl/N-ethyl adjacent to an activating group) is 1. The van der Waals surface area contributed by atoms with Crippen LogP contribution >= 0.6 is 0 Å². The smallest absolute Gasteiger partial charge is 0.101 e. The Kier molecular flexibility index (Phi) is 3.32. The summed E-state index contributed by atoms with van der Waals surface area (Å²) in [5.41, 5.74) is 1.46. The number of nitrogens with zero attached hydrogens (tertiary/aromatic N) is 2. The number of amidine groups is 1. The van der Waals surface area contributed by atoms with E-state index < -0.39 is 0 Å². The molecule has 1 aliphatic rings. The van der Waals surface area contributed by atoms with Crippen LogP contribution in [0.5, 0.6) is 0 Å². The number of aliphatic imine (C=N–C) groups is 1. The van der Waals surface area contributed by atoms with E-state index >= 15 is 0 Å². The van der Waals surface area contributed by atoms with Crippen LogP contribution in [0.1, 0.15) is 33.1 Å². The summed E-state index contributed by atoms with van der Waals surface area (Å²) in [6, 6.07) is 0. The molecule has 0 atom stereocenters. The molecule has 12 heavy (non-hydrogen) atoms. The fourth-order valence-electron chi connectivity index (χ4n) is 1.29. The van der Waals surface area contributed by atoms with E-state index in [0.29, 0.717) is 0 Å². The summed E-state index contributed by atoms with van der Waals surface area (Å²) in [6.45, 7) is 5.34. The molecule has 0 radical (unpaired) electrons. The van der Waals surface area contributed by atoms with Crippen LogP contribution in [-0.2, 0) is 0 Å². The van der Waals surface area contributed by atoms with Crippen molar-refractivity contribution in [2.45, 2.75) is 33.1 Å². The second kappa shape index (κ2) is 4.29. The Labute approximate surface area is 75.0 Å². The van der Waals surface area contributed by atoms with Gasteiger partial charge >= 0.3 is 0 Å². The molecule has 0 amide bonds. The maximum absolute atomic E-state index is 4.33. The van der Waals surface area contributed by atoms with Crippen LogP contribution in [0.15, 0.2) is 16.8 Å². The Bertz CT molecular complexity index is 204. The number of unbranched alkanes of at least 4 members (excludes halogenated alkanes) is 1. The van der Waals surface area contributed by atoms with Gasteiger partial charge in [0.15, 0.2) is 0 Å². The lowest BCUT2D eigenvalue weighted by Gasteiger charge is -2.23. The van der Waals surface area contributed by atoms with E-state index in [4.69, 9.17) is 0 Å². The molecule has 68 valence electrons. The van der Waals surface area contributed by atoms with Gasteiger partial charge in [-0.25, -0.2) is 4.99 Å². The van der Waals surface area contributed by atoms with Crippen molar-refractivity contribution in [3.05, 3.63) is 11.8 Å². The summed E-state index contributed by atoms with van der Waals surface area (Å²) < 4.78 is 0. The van der Waals surface area contributed by atoms with Gasteiger partial charge in [0.2, 0.25) is 0 Å². The van der Waals surface area contributed by atoms with Crippen LogP contribution in [0.4, 0.5) is 0 Å². The third-order valence-corrected chi connectivity index (χ3v) is 2.28. The zero-order valence-electron chi connectivity index (χ0n) is 8.30. The SMILES string of the molecule is CCCCC1=CN=C(C)N(C)C1. The lowest BCUT2D eigenvalue weighted by atomic mass is 10.1. The highest BCUT2D eigenvalue weighted by molar-refractivity contribution is 5.81. The predicted octanol–water partition coefficient (Wildman–Crippen LogP) is 2.42. The van der Waals surface area contributed by atoms with Gasteiger partial charge in [0.25, 0.3) is 0 Å². The molecule has 0 unspecified atom stereocenters. The van der Waals surface area contributed by atoms with Gasteiger partial charge in [-0.15, -0.1) is 0 Å². The molecule has 0 bridgehead atoms. The summed E-state index contributed by atoms with van der Waals surface area (Å²) in [6.07, 6.45) is 5.79. The highest BCUT2D eigenvalue weighted by atomic mass is 15.2. The average Bonchev–Trinajstić information content (AvgIpc) is 2.07. The Morgan fingerprint density at radius 2 is 2.33 bits per heavy atom. The number of rotatable bonds is 3. The molecule has 0 saturated heterocycles. The molecule has 0 N–H and O–H groups in total. The molecular formula is C10H18N2. The number of hydrogen-bond acceptors (Lipinski definition) is 2. The zero-order valence-corrected chi connectivity index (χ0v) is 8.30. The lowest BCUT2D eigenvalue weighted by Crippen LogP contribution is -2.28. The van der Waals surface area contributed by atoms with Crippen molar-refractivity contribution < 1.29 is 0 Å². The first-order chi connectivity index (χ1) is 5.74. The molecule has 1 heterocycles. The van der Waals surface area contributed by atoms with E-state index in [0.717, 1.165) is 12.4 Å². The van der Waals surface area contributed by atoms with Gasteiger partial charge in [-0.2, -0.15) is 0 Å². The maximum atomic E-state index is 4.33. The highest BCUT2D eigenvalue weighted by Gasteiger charge is 2.08. The average molecular weight is 166 g/mol. The van der Waals surface area contributed by atoms with Crippen LogP contribution in [0, 0.1) is 0 Å². The standard InChI is InChI=1S/C10H18N2/c1-4-5-6-10-7-11-9(2)12(3)8-10/h7H,4-6,8H2,1-3H3. The van der Waals surface area contributed by atoms with Crippen LogP contribution in [0.25, 0.3) is 0 Å². The summed E-state index contributed by atoms with van der Waals surface area (Å²) in [7, 11) is 2.10. The van der Waals surface area contributed by atoms with Gasteiger partial charge < -0.3 is 4.90 Å². The van der Waals surface area contributed by atoms with E-state index in [9.17, 15) is 0 Å². The summed E-state index contributed by atoms with van der Waals surface area (Å²) >= 11 is 0. The first kappa shape index (κ1) is 9.30. The molecule has 0 fully saturated rings. The quantitative estimate of drug-likeness (QED) is 0.628. The van der Waals surface area contributed by atoms with Gasteiger partial charge in [0, 0.05) is 19.8 Å². The molecule has 0 aliphatic carbocycles. The lowest BCUT2D eigenvalue weighted by molar-refractivity contribution is 0.521. The zero-order chi connectivity index (χ0) is 8.97. The van der Waals surface area contributed by atoms with Crippen molar-refractivity contribution in [1.29, 1.82) is 0 Å². The number of hydrogen-bond donors (Lipinski definition) is 0. The van der Waals surface area contributed by atoms with E-state index in [1.165, 1.54) is 24.8 Å². The molecule has 2 heteroatoms. The normalized spacial score (nSPS) is 17.4. The fraction of sp³-hybridized carbons (Fsp3) is 0.700. The minimum absolute atomic E-state index is 1.06. The monoisotopic (exact) mass is 166 g/mol. The van der Waals surface area contributed by atoms with Crippen molar-refractivity contribution in [2.75, 3.05) is 13.6 Å². The molecule has 0 aromatic rings. The topological polar surface area (TPSA) is 15.6 Å². The summed E-state index contributed by atoms with van der Waals surface area (Å²) in [4.78, 5) is 6.53. The second-order valence-electron chi connectivity index (χ2n) is 3.42. The van der Waals surface area contributed by atoms with E-state index in [2.05, 4.69) is 23.9 Å². The Morgan fingerprint density at radius 3 is 2.92 bits per heavy atom. The molecule has 0 spiro atoms. The second-order valence-corrected chi connectivity index (χ2v) is 3.42. The van der Waals surface area contributed by atoms with Crippen molar-refractivity contribution in [3.63, 3.8) is 0 Å². The van der Waals surface area contributed by atoms with Crippen LogP contribution in [0.3, 0.4) is 0 Å². The van der Waals surface area contributed by atoms with Crippen LogP contribution in [-0.4, -0.2) is 24.3 Å². The van der Waals surface area contributed by atoms with Gasteiger partial charge in [0.1, 0.15) is 5.84 Å². The minimum Gasteiger partial charge on any atom is -0.359 e. The maximum Gasteiger partial charge on any atom is 0.101 e. The Balaban J connectivity index is 2.46. The molecule has 0 saturated carbocycles. The van der Waals surface area contributed by atoms with E-state index in [1.54, 1.807) is 0 Å². The molecule has 0 aromatic heterocycles. The summed E-state index contributed by atoms with van der Waals surface area (Å²) in [5, 5.41) is 0. The summed E-state index contributed by atoms with van der Waals surface area (Å²) in [5.74, 6) is 1.12. The minimum atomic E-state index is 1.06. The van der Waals surface area contributed by atoms with Crippen LogP contribution in [0.2, 0.25) is 0 Å².